The molecular weight excluding hydrogens is 264 g/mol. The van der Waals surface area contributed by atoms with E-state index in [9.17, 15) is 4.79 Å². The Morgan fingerprint density at radius 2 is 2.14 bits per heavy atom. The minimum absolute atomic E-state index is 0.203. The van der Waals surface area contributed by atoms with Crippen molar-refractivity contribution in [3.8, 4) is 0 Å². The Bertz CT molecular complexity index is 654. The molecule has 2 heterocycles. The summed E-state index contributed by atoms with van der Waals surface area (Å²) in [6.07, 6.45) is 2.74. The average molecular weight is 286 g/mol. The fourth-order valence-electron chi connectivity index (χ4n) is 2.84. The number of carbonyl (C=O) groups is 1. The average Bonchev–Trinajstić information content (AvgIpc) is 3.05. The predicted octanol–water partition coefficient (Wildman–Crippen LogP) is 3.89. The van der Waals surface area contributed by atoms with Crippen molar-refractivity contribution in [2.24, 2.45) is 0 Å². The summed E-state index contributed by atoms with van der Waals surface area (Å²) < 4.78 is 5.44. The third-order valence-corrected chi connectivity index (χ3v) is 3.89. The number of hydrogen-bond acceptors (Lipinski definition) is 2. The first-order valence-electron chi connectivity index (χ1n) is 7.47. The molecule has 0 radical (unpaired) electrons. The van der Waals surface area contributed by atoms with Crippen LogP contribution in [0.25, 0.3) is 10.9 Å². The topological polar surface area (TPSA) is 45.3 Å². The van der Waals surface area contributed by atoms with Crippen molar-refractivity contribution in [3.05, 3.63) is 36.0 Å². The van der Waals surface area contributed by atoms with E-state index < -0.39 is 5.60 Å². The van der Waals surface area contributed by atoms with E-state index in [0.717, 1.165) is 25.0 Å². The Kier molecular flexibility index (Phi) is 3.40. The van der Waals surface area contributed by atoms with Crippen LogP contribution in [0, 0.1) is 0 Å². The molecule has 0 aliphatic carbocycles. The van der Waals surface area contributed by atoms with Crippen molar-refractivity contribution in [1.29, 1.82) is 0 Å². The zero-order chi connectivity index (χ0) is 15.0. The lowest BCUT2D eigenvalue weighted by Gasteiger charge is -2.24. The van der Waals surface area contributed by atoms with Gasteiger partial charge in [-0.1, -0.05) is 12.1 Å². The second kappa shape index (κ2) is 5.10. The van der Waals surface area contributed by atoms with Crippen molar-refractivity contribution < 1.29 is 9.53 Å². The molecule has 4 heteroatoms. The normalized spacial score (nSPS) is 19.2. The van der Waals surface area contributed by atoms with Gasteiger partial charge in [0.15, 0.2) is 0 Å². The third-order valence-electron chi connectivity index (χ3n) is 3.89. The quantitative estimate of drug-likeness (QED) is 0.864. The Morgan fingerprint density at radius 3 is 2.90 bits per heavy atom. The molecule has 1 aromatic carbocycles. The van der Waals surface area contributed by atoms with Crippen molar-refractivity contribution in [1.82, 2.24) is 9.88 Å². The Morgan fingerprint density at radius 1 is 1.33 bits per heavy atom. The van der Waals surface area contributed by atoms with E-state index in [4.69, 9.17) is 4.74 Å². The van der Waals surface area contributed by atoms with E-state index in [1.165, 1.54) is 10.9 Å². The SMILES string of the molecule is CC(C)(C)OC(=O)N1CCC(c2ccc3cc[nH]c3c2)C1. The van der Waals surface area contributed by atoms with Crippen LogP contribution in [0.2, 0.25) is 0 Å². The van der Waals surface area contributed by atoms with E-state index in [1.807, 2.05) is 31.9 Å². The third kappa shape index (κ3) is 3.04. The van der Waals surface area contributed by atoms with Gasteiger partial charge in [0.25, 0.3) is 0 Å². The number of carbonyl (C=O) groups excluding carboxylic acids is 1. The van der Waals surface area contributed by atoms with E-state index in [2.05, 4.69) is 29.2 Å². The molecule has 0 spiro atoms. The lowest BCUT2D eigenvalue weighted by Crippen LogP contribution is -2.35. The van der Waals surface area contributed by atoms with E-state index in [0.29, 0.717) is 5.92 Å². The smallest absolute Gasteiger partial charge is 0.410 e. The molecule has 1 fully saturated rings. The fourth-order valence-corrected chi connectivity index (χ4v) is 2.84. The van der Waals surface area contributed by atoms with Crippen LogP contribution >= 0.6 is 0 Å². The maximum atomic E-state index is 12.1. The monoisotopic (exact) mass is 286 g/mol. The highest BCUT2D eigenvalue weighted by atomic mass is 16.6. The number of aromatic nitrogens is 1. The number of amides is 1. The molecule has 3 rings (SSSR count). The van der Waals surface area contributed by atoms with Gasteiger partial charge in [-0.3, -0.25) is 0 Å². The van der Waals surface area contributed by atoms with E-state index in [1.54, 1.807) is 0 Å². The van der Waals surface area contributed by atoms with Gasteiger partial charge in [0.1, 0.15) is 5.60 Å². The molecule has 112 valence electrons. The van der Waals surface area contributed by atoms with Gasteiger partial charge in [-0.15, -0.1) is 0 Å². The Hall–Kier alpha value is -1.97. The number of likely N-dealkylation sites (tertiary alicyclic amines) is 1. The minimum Gasteiger partial charge on any atom is -0.444 e. The van der Waals surface area contributed by atoms with Crippen molar-refractivity contribution in [3.63, 3.8) is 0 Å². The number of rotatable bonds is 1. The number of nitrogens with one attached hydrogen (secondary N) is 1. The first kappa shape index (κ1) is 14.0. The predicted molar refractivity (Wildman–Crippen MR) is 83.5 cm³/mol. The van der Waals surface area contributed by atoms with Gasteiger partial charge in [-0.2, -0.15) is 0 Å². The first-order chi connectivity index (χ1) is 9.92. The maximum Gasteiger partial charge on any atom is 0.410 e. The standard InChI is InChI=1S/C17H22N2O2/c1-17(2,3)21-16(20)19-9-7-14(11-19)13-5-4-12-6-8-18-15(12)10-13/h4-6,8,10,14,18H,7,9,11H2,1-3H3. The molecule has 1 atom stereocenters. The van der Waals surface area contributed by atoms with Crippen LogP contribution in [-0.4, -0.2) is 34.7 Å². The molecule has 1 N–H and O–H groups in total. The highest BCUT2D eigenvalue weighted by Gasteiger charge is 2.30. The molecule has 0 bridgehead atoms. The zero-order valence-corrected chi connectivity index (χ0v) is 12.8. The molecule has 2 aromatic rings. The summed E-state index contributed by atoms with van der Waals surface area (Å²) in [5, 5.41) is 1.22. The minimum atomic E-state index is -0.432. The Labute approximate surface area is 125 Å². The van der Waals surface area contributed by atoms with Gasteiger partial charge in [-0.05, 0) is 50.3 Å². The lowest BCUT2D eigenvalue weighted by molar-refractivity contribution is 0.0292. The van der Waals surface area contributed by atoms with E-state index in [-0.39, 0.29) is 6.09 Å². The van der Waals surface area contributed by atoms with Crippen LogP contribution < -0.4 is 0 Å². The maximum absolute atomic E-state index is 12.1. The number of aromatic amines is 1. The molecule has 0 saturated carbocycles. The molecule has 1 aromatic heterocycles. The highest BCUT2D eigenvalue weighted by Crippen LogP contribution is 2.30. The highest BCUT2D eigenvalue weighted by molar-refractivity contribution is 5.80. The zero-order valence-electron chi connectivity index (χ0n) is 12.8. The number of nitrogens with zero attached hydrogens (tertiary/aromatic N) is 1. The largest absolute Gasteiger partial charge is 0.444 e. The molecule has 1 saturated heterocycles. The summed E-state index contributed by atoms with van der Waals surface area (Å²) in [6.45, 7) is 7.20. The summed E-state index contributed by atoms with van der Waals surface area (Å²) >= 11 is 0. The van der Waals surface area contributed by atoms with Crippen LogP contribution in [0.5, 0.6) is 0 Å². The van der Waals surface area contributed by atoms with Crippen LogP contribution in [0.3, 0.4) is 0 Å². The van der Waals surface area contributed by atoms with Crippen LogP contribution in [-0.2, 0) is 4.74 Å². The van der Waals surface area contributed by atoms with Gasteiger partial charge in [0, 0.05) is 30.7 Å². The summed E-state index contributed by atoms with van der Waals surface area (Å²) in [6, 6.07) is 8.57. The number of fused-ring (bicyclic) bond motifs is 1. The Balaban J connectivity index is 1.70. The van der Waals surface area contributed by atoms with Crippen molar-refractivity contribution in [2.45, 2.75) is 38.7 Å². The van der Waals surface area contributed by atoms with Crippen molar-refractivity contribution in [2.75, 3.05) is 13.1 Å². The van der Waals surface area contributed by atoms with Gasteiger partial charge < -0.3 is 14.6 Å². The van der Waals surface area contributed by atoms with Crippen LogP contribution in [0.1, 0.15) is 38.7 Å². The second-order valence-corrected chi connectivity index (χ2v) is 6.74. The summed E-state index contributed by atoms with van der Waals surface area (Å²) in [4.78, 5) is 17.2. The fraction of sp³-hybridized carbons (Fsp3) is 0.471. The molecule has 1 aliphatic rings. The number of ether oxygens (including phenoxy) is 1. The lowest BCUT2D eigenvalue weighted by atomic mass is 9.97. The van der Waals surface area contributed by atoms with Crippen LogP contribution in [0.4, 0.5) is 4.79 Å². The molecule has 1 amide bonds. The molecule has 1 unspecified atom stereocenters. The molecule has 4 nitrogen and oxygen atoms in total. The summed E-state index contributed by atoms with van der Waals surface area (Å²) in [5.74, 6) is 0.394. The number of benzene rings is 1. The van der Waals surface area contributed by atoms with Gasteiger partial charge in [0.05, 0.1) is 0 Å². The number of H-pyrrole nitrogens is 1. The second-order valence-electron chi connectivity index (χ2n) is 6.74. The summed E-state index contributed by atoms with van der Waals surface area (Å²) in [5.41, 5.74) is 2.01. The van der Waals surface area contributed by atoms with Gasteiger partial charge in [0.2, 0.25) is 0 Å². The van der Waals surface area contributed by atoms with Gasteiger partial charge >= 0.3 is 6.09 Å². The molecular formula is C17H22N2O2. The molecule has 1 aliphatic heterocycles. The van der Waals surface area contributed by atoms with Gasteiger partial charge in [-0.25, -0.2) is 4.79 Å². The molecule has 21 heavy (non-hydrogen) atoms. The summed E-state index contributed by atoms with van der Waals surface area (Å²) in [7, 11) is 0. The van der Waals surface area contributed by atoms with Crippen LogP contribution in [0.15, 0.2) is 30.5 Å². The first-order valence-corrected chi connectivity index (χ1v) is 7.47. The number of hydrogen-bond donors (Lipinski definition) is 1. The van der Waals surface area contributed by atoms with Crippen molar-refractivity contribution >= 4 is 17.0 Å². The van der Waals surface area contributed by atoms with E-state index >= 15 is 0 Å².